The van der Waals surface area contributed by atoms with Gasteiger partial charge in [-0.2, -0.15) is 4.68 Å². The summed E-state index contributed by atoms with van der Waals surface area (Å²) in [6.07, 6.45) is 1.67. The van der Waals surface area contributed by atoms with Gasteiger partial charge in [0.05, 0.1) is 11.3 Å². The van der Waals surface area contributed by atoms with Crippen LogP contribution in [-0.2, 0) is 5.54 Å². The molecule has 0 amide bonds. The zero-order chi connectivity index (χ0) is 19.6. The maximum Gasteiger partial charge on any atom is 0.404 e. The molecular formula is C22H16BrN3O2. The van der Waals surface area contributed by atoms with Crippen molar-refractivity contribution in [3.05, 3.63) is 128 Å². The van der Waals surface area contributed by atoms with E-state index in [4.69, 9.17) is 0 Å². The highest BCUT2D eigenvalue weighted by molar-refractivity contribution is 9.10. The highest BCUT2D eigenvalue weighted by Gasteiger charge is 2.43. The Morgan fingerprint density at radius 3 is 1.50 bits per heavy atom. The molecule has 0 radical (unpaired) electrons. The van der Waals surface area contributed by atoms with Gasteiger partial charge in [0.1, 0.15) is 4.47 Å². The standard InChI is InChI=1S/C22H16BrN3O2/c23-20-16-25(24-21(20)26(27)28)22(17-10-4-1-5-11-17,18-12-6-2-7-13-18)19-14-8-3-9-15-19/h1-16H. The summed E-state index contributed by atoms with van der Waals surface area (Å²) in [5, 5.41) is 15.9. The number of rotatable bonds is 5. The second-order valence-electron chi connectivity index (χ2n) is 6.31. The lowest BCUT2D eigenvalue weighted by molar-refractivity contribution is -0.390. The molecule has 6 heteroatoms. The molecule has 0 unspecified atom stereocenters. The smallest absolute Gasteiger partial charge is 0.358 e. The van der Waals surface area contributed by atoms with Crippen molar-refractivity contribution in [1.29, 1.82) is 0 Å². The third-order valence-corrected chi connectivity index (χ3v) is 5.30. The SMILES string of the molecule is O=[N+]([O-])c1nn(C(c2ccccc2)(c2ccccc2)c2ccccc2)cc1Br. The first-order valence-electron chi connectivity index (χ1n) is 8.70. The van der Waals surface area contributed by atoms with Gasteiger partial charge in [-0.3, -0.25) is 0 Å². The minimum Gasteiger partial charge on any atom is -0.358 e. The fourth-order valence-corrected chi connectivity index (χ4v) is 3.99. The predicted molar refractivity (Wildman–Crippen MR) is 111 cm³/mol. The molecule has 4 rings (SSSR count). The van der Waals surface area contributed by atoms with Gasteiger partial charge in [-0.25, -0.2) is 0 Å². The maximum absolute atomic E-state index is 11.5. The van der Waals surface area contributed by atoms with E-state index in [9.17, 15) is 10.1 Å². The molecule has 4 aromatic rings. The van der Waals surface area contributed by atoms with E-state index in [2.05, 4.69) is 21.0 Å². The first-order chi connectivity index (χ1) is 13.6. The summed E-state index contributed by atoms with van der Waals surface area (Å²) in [6.45, 7) is 0. The Labute approximate surface area is 170 Å². The fraction of sp³-hybridized carbons (Fsp3) is 0.0455. The van der Waals surface area contributed by atoms with Crippen LogP contribution in [-0.4, -0.2) is 14.7 Å². The lowest BCUT2D eigenvalue weighted by Crippen LogP contribution is -2.38. The molecule has 0 spiro atoms. The molecule has 0 aliphatic heterocycles. The largest absolute Gasteiger partial charge is 0.404 e. The van der Waals surface area contributed by atoms with Gasteiger partial charge in [0.25, 0.3) is 0 Å². The zero-order valence-electron chi connectivity index (χ0n) is 14.8. The molecule has 1 aromatic heterocycles. The maximum atomic E-state index is 11.5. The van der Waals surface area contributed by atoms with Crippen LogP contribution in [0, 0.1) is 10.1 Å². The van der Waals surface area contributed by atoms with E-state index >= 15 is 0 Å². The Morgan fingerprint density at radius 2 is 1.18 bits per heavy atom. The Hall–Kier alpha value is -3.25. The fourth-order valence-electron chi connectivity index (χ4n) is 3.57. The van der Waals surface area contributed by atoms with Crippen LogP contribution < -0.4 is 0 Å². The number of aromatic nitrogens is 2. The van der Waals surface area contributed by atoms with Crippen molar-refractivity contribution < 1.29 is 4.92 Å². The van der Waals surface area contributed by atoms with Gasteiger partial charge >= 0.3 is 5.82 Å². The summed E-state index contributed by atoms with van der Waals surface area (Å²) in [5.41, 5.74) is 2.01. The first-order valence-corrected chi connectivity index (χ1v) is 9.50. The Morgan fingerprint density at radius 1 is 0.786 bits per heavy atom. The number of benzene rings is 3. The van der Waals surface area contributed by atoms with Gasteiger partial charge in [-0.05, 0) is 37.5 Å². The minimum absolute atomic E-state index is 0.216. The third-order valence-electron chi connectivity index (χ3n) is 4.74. The van der Waals surface area contributed by atoms with Gasteiger partial charge in [0.15, 0.2) is 5.54 Å². The lowest BCUT2D eigenvalue weighted by Gasteiger charge is -2.33. The number of nitrogens with zero attached hydrogens (tertiary/aromatic N) is 3. The number of halogens is 1. The van der Waals surface area contributed by atoms with Crippen LogP contribution >= 0.6 is 15.9 Å². The molecule has 5 nitrogen and oxygen atoms in total. The van der Waals surface area contributed by atoms with Crippen molar-refractivity contribution in [2.24, 2.45) is 0 Å². The average Bonchev–Trinajstić information content (AvgIpc) is 3.13. The molecule has 3 aromatic carbocycles. The number of hydrogen-bond donors (Lipinski definition) is 0. The van der Waals surface area contributed by atoms with Crippen molar-refractivity contribution in [3.63, 3.8) is 0 Å². The Kier molecular flexibility index (Phi) is 4.79. The van der Waals surface area contributed by atoms with E-state index in [0.29, 0.717) is 4.47 Å². The molecule has 138 valence electrons. The molecule has 0 saturated heterocycles. The van der Waals surface area contributed by atoms with E-state index in [1.807, 2.05) is 91.0 Å². The molecule has 0 N–H and O–H groups in total. The van der Waals surface area contributed by atoms with Crippen LogP contribution in [0.15, 0.2) is 102 Å². The number of hydrogen-bond acceptors (Lipinski definition) is 3. The Bertz CT molecular complexity index is 1000. The first kappa shape index (κ1) is 18.1. The topological polar surface area (TPSA) is 61.0 Å². The van der Waals surface area contributed by atoms with Crippen molar-refractivity contribution in [2.45, 2.75) is 5.54 Å². The van der Waals surface area contributed by atoms with Gasteiger partial charge in [0.2, 0.25) is 0 Å². The van der Waals surface area contributed by atoms with Crippen molar-refractivity contribution in [3.8, 4) is 0 Å². The van der Waals surface area contributed by atoms with E-state index in [1.165, 1.54) is 0 Å². The van der Waals surface area contributed by atoms with Crippen molar-refractivity contribution in [1.82, 2.24) is 9.78 Å². The van der Waals surface area contributed by atoms with Crippen LogP contribution in [0.1, 0.15) is 16.7 Å². The van der Waals surface area contributed by atoms with Crippen LogP contribution in [0.2, 0.25) is 0 Å². The summed E-state index contributed by atoms with van der Waals surface area (Å²) in [7, 11) is 0. The van der Waals surface area contributed by atoms with Gasteiger partial charge in [0, 0.05) is 0 Å². The monoisotopic (exact) mass is 433 g/mol. The van der Waals surface area contributed by atoms with E-state index < -0.39 is 10.5 Å². The highest BCUT2D eigenvalue weighted by Crippen LogP contribution is 2.41. The van der Waals surface area contributed by atoms with Crippen LogP contribution in [0.25, 0.3) is 0 Å². The van der Waals surface area contributed by atoms with Gasteiger partial charge in [-0.15, -0.1) is 0 Å². The van der Waals surface area contributed by atoms with Crippen LogP contribution in [0.4, 0.5) is 5.82 Å². The lowest BCUT2D eigenvalue weighted by atomic mass is 9.77. The zero-order valence-corrected chi connectivity index (χ0v) is 16.4. The molecule has 28 heavy (non-hydrogen) atoms. The van der Waals surface area contributed by atoms with E-state index in [-0.39, 0.29) is 5.82 Å². The predicted octanol–water partition coefficient (Wildman–Crippen LogP) is 5.39. The van der Waals surface area contributed by atoms with Crippen molar-refractivity contribution >= 4 is 21.7 Å². The molecule has 0 aliphatic rings. The minimum atomic E-state index is -0.861. The van der Waals surface area contributed by atoms with E-state index in [1.54, 1.807) is 10.9 Å². The quantitative estimate of drug-likeness (QED) is 0.240. The third kappa shape index (κ3) is 2.92. The molecule has 0 bridgehead atoms. The van der Waals surface area contributed by atoms with Gasteiger partial charge < -0.3 is 10.1 Å². The summed E-state index contributed by atoms with van der Waals surface area (Å²) in [5.74, 6) is -0.216. The summed E-state index contributed by atoms with van der Waals surface area (Å²) >= 11 is 3.30. The summed E-state index contributed by atoms with van der Waals surface area (Å²) in [6, 6.07) is 29.7. The Balaban J connectivity index is 2.13. The molecule has 0 fully saturated rings. The normalized spacial score (nSPS) is 11.3. The number of nitro groups is 1. The second-order valence-corrected chi connectivity index (χ2v) is 7.17. The van der Waals surface area contributed by atoms with E-state index in [0.717, 1.165) is 16.7 Å². The molecular weight excluding hydrogens is 418 g/mol. The molecule has 0 saturated carbocycles. The van der Waals surface area contributed by atoms with Gasteiger partial charge in [-0.1, -0.05) is 91.0 Å². The molecule has 0 aliphatic carbocycles. The average molecular weight is 434 g/mol. The molecule has 1 heterocycles. The summed E-state index contributed by atoms with van der Waals surface area (Å²) in [4.78, 5) is 11.0. The van der Waals surface area contributed by atoms with Crippen molar-refractivity contribution in [2.75, 3.05) is 0 Å². The molecule has 0 atom stereocenters. The van der Waals surface area contributed by atoms with Crippen LogP contribution in [0.3, 0.4) is 0 Å². The highest BCUT2D eigenvalue weighted by atomic mass is 79.9. The summed E-state index contributed by atoms with van der Waals surface area (Å²) < 4.78 is 2.01. The second kappa shape index (κ2) is 7.40. The van der Waals surface area contributed by atoms with Crippen LogP contribution in [0.5, 0.6) is 0 Å².